The highest BCUT2D eigenvalue weighted by Gasteiger charge is 2.22. The van der Waals surface area contributed by atoms with Crippen LogP contribution in [0.2, 0.25) is 0 Å². The summed E-state index contributed by atoms with van der Waals surface area (Å²) in [5, 5.41) is 7.14. The summed E-state index contributed by atoms with van der Waals surface area (Å²) < 4.78 is 7.60. The first kappa shape index (κ1) is 17.9. The molecular weight excluding hydrogens is 473 g/mol. The Morgan fingerprint density at radius 3 is 2.30 bits per heavy atom. The second-order valence-electron chi connectivity index (χ2n) is 5.66. The number of rotatable bonds is 4. The van der Waals surface area contributed by atoms with Crippen molar-refractivity contribution in [1.82, 2.24) is 14.8 Å². The zero-order valence-corrected chi connectivity index (χ0v) is 17.3. The molecular formula is C20H14IN3O2S. The second-order valence-corrected chi connectivity index (χ2v) is 7.58. The summed E-state index contributed by atoms with van der Waals surface area (Å²) in [6.45, 7) is 0. The van der Waals surface area contributed by atoms with Crippen LogP contribution in [-0.2, 0) is 4.74 Å². The van der Waals surface area contributed by atoms with Gasteiger partial charge in [0.15, 0.2) is 5.69 Å². The van der Waals surface area contributed by atoms with E-state index in [9.17, 15) is 4.79 Å². The van der Waals surface area contributed by atoms with Crippen molar-refractivity contribution in [3.8, 4) is 27.6 Å². The number of hydrogen-bond acceptors (Lipinski definition) is 5. The molecule has 4 rings (SSSR count). The van der Waals surface area contributed by atoms with Gasteiger partial charge in [0.2, 0.25) is 5.13 Å². The minimum atomic E-state index is -0.455. The summed E-state index contributed by atoms with van der Waals surface area (Å²) >= 11 is 3.68. The fourth-order valence-corrected chi connectivity index (χ4v) is 4.43. The van der Waals surface area contributed by atoms with Gasteiger partial charge in [-0.1, -0.05) is 60.7 Å². The smallest absolute Gasteiger partial charge is 0.357 e. The lowest BCUT2D eigenvalue weighted by molar-refractivity contribution is 0.0595. The van der Waals surface area contributed by atoms with Crippen LogP contribution in [0.3, 0.4) is 0 Å². The first-order chi connectivity index (χ1) is 13.2. The molecule has 0 aliphatic rings. The van der Waals surface area contributed by atoms with Gasteiger partial charge < -0.3 is 4.74 Å². The zero-order chi connectivity index (χ0) is 18.8. The Morgan fingerprint density at radius 2 is 1.67 bits per heavy atom. The van der Waals surface area contributed by atoms with E-state index in [1.165, 1.54) is 18.4 Å². The number of carbonyl (C=O) groups is 1. The molecule has 0 aliphatic carbocycles. The van der Waals surface area contributed by atoms with Crippen molar-refractivity contribution < 1.29 is 9.53 Å². The van der Waals surface area contributed by atoms with E-state index in [4.69, 9.17) is 9.84 Å². The van der Waals surface area contributed by atoms with Gasteiger partial charge in [0, 0.05) is 16.5 Å². The van der Waals surface area contributed by atoms with Gasteiger partial charge in [-0.15, -0.1) is 11.3 Å². The number of carbonyl (C=O) groups excluding carboxylic acids is 1. The molecule has 0 saturated carbocycles. The van der Waals surface area contributed by atoms with Gasteiger partial charge >= 0.3 is 5.97 Å². The second kappa shape index (κ2) is 7.61. The molecule has 27 heavy (non-hydrogen) atoms. The summed E-state index contributed by atoms with van der Waals surface area (Å²) in [5.74, 6) is -0.455. The van der Waals surface area contributed by atoms with Crippen molar-refractivity contribution in [3.05, 3.63) is 75.3 Å². The van der Waals surface area contributed by atoms with Crippen molar-refractivity contribution in [1.29, 1.82) is 0 Å². The quantitative estimate of drug-likeness (QED) is 0.299. The maximum absolute atomic E-state index is 11.8. The summed E-state index contributed by atoms with van der Waals surface area (Å²) in [4.78, 5) is 16.2. The average Bonchev–Trinajstić information content (AvgIpc) is 3.33. The average molecular weight is 487 g/mol. The minimum absolute atomic E-state index is 0.281. The highest BCUT2D eigenvalue weighted by atomic mass is 127. The molecule has 2 aromatic carbocycles. The molecule has 0 saturated heterocycles. The van der Waals surface area contributed by atoms with Gasteiger partial charge in [0.05, 0.1) is 16.4 Å². The largest absolute Gasteiger partial charge is 0.464 e. The van der Waals surface area contributed by atoms with Gasteiger partial charge in [-0.3, -0.25) is 0 Å². The Bertz CT molecular complexity index is 1090. The van der Waals surface area contributed by atoms with Crippen molar-refractivity contribution in [2.75, 3.05) is 7.11 Å². The molecule has 0 unspecified atom stereocenters. The van der Waals surface area contributed by atoms with E-state index in [-0.39, 0.29) is 5.69 Å². The summed E-state index contributed by atoms with van der Waals surface area (Å²) in [5.41, 5.74) is 4.17. The van der Waals surface area contributed by atoms with Crippen molar-refractivity contribution >= 4 is 39.9 Å². The predicted molar refractivity (Wildman–Crippen MR) is 114 cm³/mol. The standard InChI is InChI=1S/C20H14IN3O2S/c1-26-19(25)15-12-27-20(22-15)24-18(14-10-6-3-7-11-14)16(21)17(23-24)13-8-4-2-5-9-13/h2-12H,1H3. The number of nitrogens with zero attached hydrogens (tertiary/aromatic N) is 3. The van der Waals surface area contributed by atoms with Gasteiger partial charge in [0.25, 0.3) is 0 Å². The Balaban J connectivity index is 1.92. The van der Waals surface area contributed by atoms with Crippen LogP contribution < -0.4 is 0 Å². The van der Waals surface area contributed by atoms with Crippen LogP contribution in [0.1, 0.15) is 10.5 Å². The number of aromatic nitrogens is 3. The normalized spacial score (nSPS) is 10.7. The van der Waals surface area contributed by atoms with E-state index < -0.39 is 5.97 Å². The molecule has 0 bridgehead atoms. The molecule has 0 atom stereocenters. The Labute approximate surface area is 173 Å². The van der Waals surface area contributed by atoms with Crippen LogP contribution in [0.4, 0.5) is 0 Å². The van der Waals surface area contributed by atoms with E-state index in [1.54, 1.807) is 10.1 Å². The number of thiazole rings is 1. The Kier molecular flexibility index (Phi) is 5.04. The van der Waals surface area contributed by atoms with E-state index in [1.807, 2.05) is 60.7 Å². The third-order valence-electron chi connectivity index (χ3n) is 3.99. The molecule has 0 spiro atoms. The maximum Gasteiger partial charge on any atom is 0.357 e. The minimum Gasteiger partial charge on any atom is -0.464 e. The molecule has 0 fully saturated rings. The number of methoxy groups -OCH3 is 1. The lowest BCUT2D eigenvalue weighted by Gasteiger charge is -2.05. The number of benzene rings is 2. The molecule has 2 aromatic heterocycles. The highest BCUT2D eigenvalue weighted by molar-refractivity contribution is 14.1. The summed E-state index contributed by atoms with van der Waals surface area (Å²) in [7, 11) is 1.35. The summed E-state index contributed by atoms with van der Waals surface area (Å²) in [6.07, 6.45) is 0. The first-order valence-corrected chi connectivity index (χ1v) is 10.1. The van der Waals surface area contributed by atoms with Crippen LogP contribution >= 0.6 is 33.9 Å². The third kappa shape index (κ3) is 3.40. The number of ether oxygens (including phenoxy) is 1. The first-order valence-electron chi connectivity index (χ1n) is 8.12. The van der Waals surface area contributed by atoms with Gasteiger partial charge in [-0.2, -0.15) is 5.10 Å². The predicted octanol–water partition coefficient (Wildman–Crippen LogP) is 5.05. The molecule has 0 aliphatic heterocycles. The molecule has 0 N–H and O–H groups in total. The molecule has 0 radical (unpaired) electrons. The van der Waals surface area contributed by atoms with Gasteiger partial charge in [0.1, 0.15) is 5.69 Å². The third-order valence-corrected chi connectivity index (χ3v) is 5.83. The number of esters is 1. The summed E-state index contributed by atoms with van der Waals surface area (Å²) in [6, 6.07) is 20.1. The fraction of sp³-hybridized carbons (Fsp3) is 0.0500. The zero-order valence-electron chi connectivity index (χ0n) is 14.3. The lowest BCUT2D eigenvalue weighted by atomic mass is 10.1. The molecule has 0 amide bonds. The molecule has 5 nitrogen and oxygen atoms in total. The van der Waals surface area contributed by atoms with Crippen molar-refractivity contribution in [2.45, 2.75) is 0 Å². The topological polar surface area (TPSA) is 57.0 Å². The number of hydrogen-bond donors (Lipinski definition) is 0. The number of halogens is 1. The van der Waals surface area contributed by atoms with E-state index in [2.05, 4.69) is 27.6 Å². The fourth-order valence-electron chi connectivity index (χ4n) is 2.72. The molecule has 2 heterocycles. The van der Waals surface area contributed by atoms with Crippen LogP contribution in [0.25, 0.3) is 27.6 Å². The van der Waals surface area contributed by atoms with E-state index in [0.29, 0.717) is 5.13 Å². The van der Waals surface area contributed by atoms with Gasteiger partial charge in [-0.05, 0) is 22.6 Å². The Hall–Kier alpha value is -2.52. The van der Waals surface area contributed by atoms with Crippen LogP contribution in [0.5, 0.6) is 0 Å². The van der Waals surface area contributed by atoms with Gasteiger partial charge in [-0.25, -0.2) is 14.5 Å². The van der Waals surface area contributed by atoms with E-state index in [0.717, 1.165) is 26.1 Å². The highest BCUT2D eigenvalue weighted by Crippen LogP contribution is 2.35. The lowest BCUT2D eigenvalue weighted by Crippen LogP contribution is -2.04. The van der Waals surface area contributed by atoms with Crippen LogP contribution in [-0.4, -0.2) is 27.8 Å². The van der Waals surface area contributed by atoms with Crippen LogP contribution in [0, 0.1) is 3.57 Å². The SMILES string of the molecule is COC(=O)c1csc(-n2nc(-c3ccccc3)c(I)c2-c2ccccc2)n1. The monoisotopic (exact) mass is 487 g/mol. The van der Waals surface area contributed by atoms with E-state index >= 15 is 0 Å². The molecule has 134 valence electrons. The molecule has 4 aromatic rings. The molecule has 7 heteroatoms. The maximum atomic E-state index is 11.8. The van der Waals surface area contributed by atoms with Crippen LogP contribution in [0.15, 0.2) is 66.0 Å². The van der Waals surface area contributed by atoms with Crippen molar-refractivity contribution in [3.63, 3.8) is 0 Å². The van der Waals surface area contributed by atoms with Crippen molar-refractivity contribution in [2.24, 2.45) is 0 Å². The Morgan fingerprint density at radius 1 is 1.04 bits per heavy atom.